The van der Waals surface area contributed by atoms with Gasteiger partial charge in [0.15, 0.2) is 0 Å². The number of aromatic carboxylic acids is 1. The lowest BCUT2D eigenvalue weighted by Crippen LogP contribution is -2.57. The summed E-state index contributed by atoms with van der Waals surface area (Å²) in [5, 5.41) is 15.8. The van der Waals surface area contributed by atoms with Crippen molar-refractivity contribution in [3.05, 3.63) is 83.2 Å². The minimum atomic E-state index is -2.84. The Morgan fingerprint density at radius 3 is 2.28 bits per heavy atom. The molecule has 0 radical (unpaired) electrons. The minimum Gasteiger partial charge on any atom is -0.545 e. The Kier molecular flexibility index (Phi) is 6.91. The Morgan fingerprint density at radius 2 is 1.62 bits per heavy atom. The van der Waals surface area contributed by atoms with E-state index in [1.165, 1.54) is 27.7 Å². The molecule has 1 N–H and O–H groups in total. The van der Waals surface area contributed by atoms with Crippen LogP contribution in [-0.2, 0) is 9.59 Å². The van der Waals surface area contributed by atoms with Crippen LogP contribution >= 0.6 is 0 Å². The number of alkyl halides is 4. The second-order valence-corrected chi connectivity index (χ2v) is 11.7. The second kappa shape index (κ2) is 10.8. The lowest BCUT2D eigenvalue weighted by atomic mass is 9.89. The number of hydrogen-bond acceptors (Lipinski definition) is 7. The van der Waals surface area contributed by atoms with Crippen LogP contribution in [-0.4, -0.2) is 79.7 Å². The van der Waals surface area contributed by atoms with Crippen LogP contribution < -0.4 is 25.3 Å². The number of hydrogen-bond donors (Lipinski definition) is 1. The first-order valence-corrected chi connectivity index (χ1v) is 14.6. The summed E-state index contributed by atoms with van der Waals surface area (Å²) >= 11 is 0. The maximum Gasteiger partial charge on any atom is 0.361 e. The van der Waals surface area contributed by atoms with Crippen LogP contribution in [0.15, 0.2) is 71.2 Å². The number of imide groups is 1. The quantitative estimate of drug-likeness (QED) is 0.141. The number of benzene rings is 3. The molecule has 0 aromatic heterocycles. The lowest BCUT2D eigenvalue weighted by Gasteiger charge is -2.40. The van der Waals surface area contributed by atoms with Crippen LogP contribution in [0.25, 0.3) is 33.4 Å². The number of rotatable bonds is 7. The molecule has 5 aliphatic rings. The number of fused-ring (bicyclic) bond motifs is 2. The van der Waals surface area contributed by atoms with E-state index in [0.717, 1.165) is 17.1 Å². The zero-order valence-electron chi connectivity index (χ0n) is 24.4. The van der Waals surface area contributed by atoms with Gasteiger partial charge in [-0.3, -0.25) is 19.3 Å². The van der Waals surface area contributed by atoms with Gasteiger partial charge in [-0.25, -0.2) is 13.4 Å². The predicted molar refractivity (Wildman–Crippen MR) is 158 cm³/mol. The Labute approximate surface area is 263 Å². The van der Waals surface area contributed by atoms with Crippen molar-refractivity contribution in [2.75, 3.05) is 44.2 Å². The van der Waals surface area contributed by atoms with Crippen molar-refractivity contribution in [2.45, 2.75) is 11.8 Å². The number of amides is 3. The summed E-state index contributed by atoms with van der Waals surface area (Å²) in [5.74, 6) is -8.62. The van der Waals surface area contributed by atoms with Gasteiger partial charge in [-0.1, -0.05) is 6.07 Å². The second-order valence-electron chi connectivity index (χ2n) is 11.7. The van der Waals surface area contributed by atoms with E-state index in [4.69, 9.17) is 4.42 Å². The number of carbonyl (C=O) groups excluding carboxylic acids is 4. The zero-order chi connectivity index (χ0) is 33.2. The highest BCUT2D eigenvalue weighted by Gasteiger charge is 2.50. The number of carboxylic acid groups (broad SMARTS) is 1. The Bertz CT molecular complexity index is 2070. The van der Waals surface area contributed by atoms with Crippen LogP contribution in [0.1, 0.15) is 20.7 Å². The zero-order valence-corrected chi connectivity index (χ0v) is 24.4. The fourth-order valence-corrected chi connectivity index (χ4v) is 6.05. The molecule has 0 bridgehead atoms. The fourth-order valence-electron chi connectivity index (χ4n) is 6.05. The molecule has 0 saturated carbocycles. The van der Waals surface area contributed by atoms with Crippen molar-refractivity contribution in [1.29, 1.82) is 0 Å². The highest BCUT2D eigenvalue weighted by molar-refractivity contribution is 6.13. The number of carboxylic acids is 1. The maximum absolute atomic E-state index is 13.7. The molecule has 14 heteroatoms. The molecule has 0 spiro atoms. The standard InChI is InChI=1S/C33H24F4N4O6/c34-32(35)14-39(15-32)19-2-5-22-25(12-19)47-26-13-20(40-16-33(36,37)17-40)3-6-23(26)29(22)24-11-18(1-4-21(24)31(45)46)30(44)38-9-10-41-27(42)7-8-28(41)43/h1-8,11-13H,9-10,14-17H2,(H-,38,44,45,46). The van der Waals surface area contributed by atoms with E-state index in [2.05, 4.69) is 5.32 Å². The van der Waals surface area contributed by atoms with Gasteiger partial charge in [0.1, 0.15) is 11.3 Å². The summed E-state index contributed by atoms with van der Waals surface area (Å²) in [4.78, 5) is 51.6. The monoisotopic (exact) mass is 648 g/mol. The van der Waals surface area contributed by atoms with Gasteiger partial charge in [-0.15, -0.1) is 0 Å². The number of carbonyl (C=O) groups is 4. The van der Waals surface area contributed by atoms with Crippen LogP contribution in [0.2, 0.25) is 0 Å². The first-order valence-electron chi connectivity index (χ1n) is 14.6. The Balaban J connectivity index is 1.33. The molecule has 240 valence electrons. The molecule has 1 aliphatic carbocycles. The molecule has 0 atom stereocenters. The summed E-state index contributed by atoms with van der Waals surface area (Å²) < 4.78 is 62.3. The third-order valence-corrected chi connectivity index (χ3v) is 8.40. The topological polar surface area (TPSA) is 126 Å². The highest BCUT2D eigenvalue weighted by Crippen LogP contribution is 2.43. The number of nitrogens with zero attached hydrogens (tertiary/aromatic N) is 3. The van der Waals surface area contributed by atoms with E-state index in [9.17, 15) is 41.8 Å². The normalized spacial score (nSPS) is 18.1. The van der Waals surface area contributed by atoms with Crippen LogP contribution in [0.4, 0.5) is 23.2 Å². The Hall–Kier alpha value is -5.53. The van der Waals surface area contributed by atoms with Crippen molar-refractivity contribution in [3.63, 3.8) is 0 Å². The number of halogens is 4. The molecule has 3 amide bonds. The molecular formula is C33H24F4N4O6. The van der Waals surface area contributed by atoms with E-state index in [-0.39, 0.29) is 41.1 Å². The Morgan fingerprint density at radius 1 is 0.894 bits per heavy atom. The molecule has 2 aromatic carbocycles. The first kappa shape index (κ1) is 30.1. The molecule has 0 unspecified atom stereocenters. The first-order chi connectivity index (χ1) is 22.3. The van der Waals surface area contributed by atoms with Gasteiger partial charge in [0.25, 0.3) is 23.6 Å². The maximum atomic E-state index is 13.7. The molecular weight excluding hydrogens is 624 g/mol. The molecule has 4 aliphatic heterocycles. The summed E-state index contributed by atoms with van der Waals surface area (Å²) in [5.41, 5.74) is 1.26. The van der Waals surface area contributed by atoms with Gasteiger partial charge in [-0.05, 0) is 35.9 Å². The molecule has 7 rings (SSSR count). The van der Waals surface area contributed by atoms with E-state index >= 15 is 0 Å². The van der Waals surface area contributed by atoms with Crippen molar-refractivity contribution in [2.24, 2.45) is 0 Å². The van der Waals surface area contributed by atoms with Crippen molar-refractivity contribution in [1.82, 2.24) is 14.8 Å². The van der Waals surface area contributed by atoms with Crippen LogP contribution in [0, 0.1) is 0 Å². The van der Waals surface area contributed by atoms with E-state index in [1.807, 2.05) is 0 Å². The molecule has 10 nitrogen and oxygen atoms in total. The molecule has 2 aromatic rings. The molecule has 4 heterocycles. The van der Waals surface area contributed by atoms with Crippen LogP contribution in [0.3, 0.4) is 0 Å². The van der Waals surface area contributed by atoms with Gasteiger partial charge in [0, 0.05) is 70.7 Å². The number of anilines is 1. The van der Waals surface area contributed by atoms with E-state index < -0.39 is 61.7 Å². The average molecular weight is 649 g/mol. The van der Waals surface area contributed by atoms with E-state index in [0.29, 0.717) is 27.6 Å². The van der Waals surface area contributed by atoms with Gasteiger partial charge in [0.2, 0.25) is 18.4 Å². The van der Waals surface area contributed by atoms with Gasteiger partial charge in [0.05, 0.1) is 25.1 Å². The number of nitrogens with one attached hydrogen (secondary N) is 1. The summed E-state index contributed by atoms with van der Waals surface area (Å²) in [6.45, 7) is -2.11. The van der Waals surface area contributed by atoms with Crippen molar-refractivity contribution >= 4 is 40.3 Å². The SMILES string of the molecule is O=C(NCCN1C(=O)C=CC1=O)c1ccc(C(=O)[O-])c(-c2c3ccc(=[N+]4CC(F)(F)C4)cc-3oc3cc(N4CC(F)(F)C4)ccc23)c1. The van der Waals surface area contributed by atoms with Gasteiger partial charge < -0.3 is 24.5 Å². The fraction of sp³-hybridized carbons (Fsp3) is 0.242. The summed E-state index contributed by atoms with van der Waals surface area (Å²) in [6.07, 6.45) is 2.25. The third kappa shape index (κ3) is 5.49. The molecule has 47 heavy (non-hydrogen) atoms. The van der Waals surface area contributed by atoms with Crippen molar-refractivity contribution < 1.29 is 46.3 Å². The van der Waals surface area contributed by atoms with Crippen LogP contribution in [0.5, 0.6) is 0 Å². The van der Waals surface area contributed by atoms with Crippen molar-refractivity contribution in [3.8, 4) is 22.5 Å². The minimum absolute atomic E-state index is 0.0585. The lowest BCUT2D eigenvalue weighted by molar-refractivity contribution is -0.255. The summed E-state index contributed by atoms with van der Waals surface area (Å²) in [6, 6.07) is 13.4. The van der Waals surface area contributed by atoms with E-state index in [1.54, 1.807) is 36.4 Å². The highest BCUT2D eigenvalue weighted by atomic mass is 19.3. The molecule has 2 saturated heterocycles. The summed E-state index contributed by atoms with van der Waals surface area (Å²) in [7, 11) is 0. The smallest absolute Gasteiger partial charge is 0.361 e. The van der Waals surface area contributed by atoms with Gasteiger partial charge >= 0.3 is 5.92 Å². The average Bonchev–Trinajstić information content (AvgIpc) is 3.32. The molecule has 2 fully saturated rings. The largest absolute Gasteiger partial charge is 0.545 e. The van der Waals surface area contributed by atoms with Gasteiger partial charge in [-0.2, -0.15) is 8.78 Å². The predicted octanol–water partition coefficient (Wildman–Crippen LogP) is 2.10. The third-order valence-electron chi connectivity index (χ3n) is 8.40.